The summed E-state index contributed by atoms with van der Waals surface area (Å²) in [5, 5.41) is 3.31. The molecule has 0 saturated heterocycles. The molecule has 0 bridgehead atoms. The Morgan fingerprint density at radius 1 is 1.18 bits per heavy atom. The third-order valence-electron chi connectivity index (χ3n) is 2.27. The van der Waals surface area contributed by atoms with Crippen molar-refractivity contribution in [3.63, 3.8) is 0 Å². The van der Waals surface area contributed by atoms with E-state index in [9.17, 15) is 4.39 Å². The Morgan fingerprint density at radius 2 is 2.00 bits per heavy atom. The van der Waals surface area contributed by atoms with Crippen LogP contribution in [0.3, 0.4) is 0 Å². The number of hydrogen-bond donors (Lipinski definition) is 1. The lowest BCUT2D eigenvalue weighted by molar-refractivity contribution is 0.561. The molecule has 1 aromatic heterocycles. The first-order chi connectivity index (χ1) is 8.34. The molecule has 0 amide bonds. The van der Waals surface area contributed by atoms with Crippen LogP contribution < -0.4 is 5.32 Å². The maximum Gasteiger partial charge on any atom is 0.123 e. The molecule has 0 fully saturated rings. The highest BCUT2D eigenvalue weighted by molar-refractivity contribution is 7.99. The van der Waals surface area contributed by atoms with E-state index in [1.54, 1.807) is 36.4 Å². The van der Waals surface area contributed by atoms with Crippen LogP contribution in [0.25, 0.3) is 0 Å². The lowest BCUT2D eigenvalue weighted by atomic mass is 10.3. The van der Waals surface area contributed by atoms with E-state index in [0.717, 1.165) is 29.3 Å². The Balaban J connectivity index is 1.61. The average molecular weight is 251 g/mol. The second-order valence-corrected chi connectivity index (χ2v) is 4.78. The first-order valence-corrected chi connectivity index (χ1v) is 6.43. The molecular weight excluding hydrogens is 237 g/mol. The number of rotatable bonds is 6. The highest BCUT2D eigenvalue weighted by Gasteiger charge is 1.96. The number of furan rings is 1. The van der Waals surface area contributed by atoms with E-state index < -0.39 is 0 Å². The Morgan fingerprint density at radius 3 is 2.71 bits per heavy atom. The molecule has 2 aromatic rings. The molecule has 17 heavy (non-hydrogen) atoms. The summed E-state index contributed by atoms with van der Waals surface area (Å²) in [6.07, 6.45) is 3.41. The molecule has 0 unspecified atom stereocenters. The summed E-state index contributed by atoms with van der Waals surface area (Å²) >= 11 is 1.71. The largest absolute Gasteiger partial charge is 0.472 e. The summed E-state index contributed by atoms with van der Waals surface area (Å²) < 4.78 is 17.6. The van der Waals surface area contributed by atoms with Crippen molar-refractivity contribution >= 4 is 11.8 Å². The predicted molar refractivity (Wildman–Crippen MR) is 67.5 cm³/mol. The quantitative estimate of drug-likeness (QED) is 0.630. The number of nitrogens with one attached hydrogen (secondary N) is 1. The van der Waals surface area contributed by atoms with Gasteiger partial charge in [0.25, 0.3) is 0 Å². The van der Waals surface area contributed by atoms with Gasteiger partial charge < -0.3 is 9.73 Å². The lowest BCUT2D eigenvalue weighted by Gasteiger charge is -2.03. The van der Waals surface area contributed by atoms with Gasteiger partial charge in [-0.05, 0) is 30.3 Å². The molecule has 0 saturated carbocycles. The minimum absolute atomic E-state index is 0.188. The summed E-state index contributed by atoms with van der Waals surface area (Å²) in [5.41, 5.74) is 1.15. The highest BCUT2D eigenvalue weighted by atomic mass is 32.2. The molecule has 2 nitrogen and oxygen atoms in total. The number of hydrogen-bond acceptors (Lipinski definition) is 3. The van der Waals surface area contributed by atoms with E-state index in [2.05, 4.69) is 5.32 Å². The van der Waals surface area contributed by atoms with E-state index in [-0.39, 0.29) is 5.82 Å². The zero-order valence-corrected chi connectivity index (χ0v) is 10.2. The van der Waals surface area contributed by atoms with Crippen molar-refractivity contribution in [1.82, 2.24) is 5.32 Å². The van der Waals surface area contributed by atoms with Gasteiger partial charge in [0, 0.05) is 29.3 Å². The van der Waals surface area contributed by atoms with E-state index in [0.29, 0.717) is 0 Å². The molecule has 0 aliphatic heterocycles. The normalized spacial score (nSPS) is 10.6. The van der Waals surface area contributed by atoms with E-state index in [1.165, 1.54) is 12.1 Å². The van der Waals surface area contributed by atoms with Crippen molar-refractivity contribution in [2.45, 2.75) is 11.4 Å². The van der Waals surface area contributed by atoms with Crippen LogP contribution >= 0.6 is 11.8 Å². The Bertz CT molecular complexity index is 427. The van der Waals surface area contributed by atoms with Gasteiger partial charge in [-0.25, -0.2) is 4.39 Å². The van der Waals surface area contributed by atoms with Gasteiger partial charge in [0.2, 0.25) is 0 Å². The van der Waals surface area contributed by atoms with Gasteiger partial charge in [-0.2, -0.15) is 0 Å². The van der Waals surface area contributed by atoms with Crippen molar-refractivity contribution in [1.29, 1.82) is 0 Å². The molecule has 0 aliphatic rings. The number of benzene rings is 1. The van der Waals surface area contributed by atoms with Crippen LogP contribution in [0.2, 0.25) is 0 Å². The minimum atomic E-state index is -0.188. The van der Waals surface area contributed by atoms with E-state index in [1.807, 2.05) is 6.07 Å². The summed E-state index contributed by atoms with van der Waals surface area (Å²) in [6.45, 7) is 1.73. The Hall–Kier alpha value is -1.26. The van der Waals surface area contributed by atoms with E-state index >= 15 is 0 Å². The number of halogens is 1. The van der Waals surface area contributed by atoms with Crippen LogP contribution in [-0.2, 0) is 6.54 Å². The highest BCUT2D eigenvalue weighted by Crippen LogP contribution is 2.17. The summed E-state index contributed by atoms with van der Waals surface area (Å²) in [6, 6.07) is 8.52. The summed E-state index contributed by atoms with van der Waals surface area (Å²) in [7, 11) is 0. The van der Waals surface area contributed by atoms with Crippen LogP contribution in [0.5, 0.6) is 0 Å². The van der Waals surface area contributed by atoms with Gasteiger partial charge >= 0.3 is 0 Å². The van der Waals surface area contributed by atoms with Crippen LogP contribution in [0, 0.1) is 5.82 Å². The molecule has 1 aromatic carbocycles. The fourth-order valence-electron chi connectivity index (χ4n) is 1.40. The van der Waals surface area contributed by atoms with Crippen LogP contribution in [0.1, 0.15) is 5.56 Å². The summed E-state index contributed by atoms with van der Waals surface area (Å²) in [5.74, 6) is 0.774. The van der Waals surface area contributed by atoms with Gasteiger partial charge in [0.1, 0.15) is 5.82 Å². The molecule has 1 N–H and O–H groups in total. The molecule has 0 atom stereocenters. The molecule has 1 heterocycles. The van der Waals surface area contributed by atoms with Crippen LogP contribution in [0.15, 0.2) is 52.2 Å². The van der Waals surface area contributed by atoms with Crippen LogP contribution in [-0.4, -0.2) is 12.3 Å². The Labute approximate surface area is 104 Å². The average Bonchev–Trinajstić information content (AvgIpc) is 2.84. The molecule has 4 heteroatoms. The van der Waals surface area contributed by atoms with Crippen LogP contribution in [0.4, 0.5) is 4.39 Å². The van der Waals surface area contributed by atoms with Crippen molar-refractivity contribution in [3.8, 4) is 0 Å². The maximum absolute atomic E-state index is 12.7. The van der Waals surface area contributed by atoms with Crippen molar-refractivity contribution in [3.05, 3.63) is 54.2 Å². The fourth-order valence-corrected chi connectivity index (χ4v) is 2.21. The molecule has 0 aliphatic carbocycles. The Kier molecular flexibility index (Phi) is 4.64. The molecule has 90 valence electrons. The minimum Gasteiger partial charge on any atom is -0.472 e. The first kappa shape index (κ1) is 12.2. The van der Waals surface area contributed by atoms with Gasteiger partial charge in [-0.3, -0.25) is 0 Å². The van der Waals surface area contributed by atoms with Crippen molar-refractivity contribution in [2.75, 3.05) is 12.3 Å². The fraction of sp³-hybridized carbons (Fsp3) is 0.231. The van der Waals surface area contributed by atoms with Gasteiger partial charge in [0.05, 0.1) is 12.5 Å². The lowest BCUT2D eigenvalue weighted by Crippen LogP contribution is -2.15. The zero-order valence-electron chi connectivity index (χ0n) is 9.36. The third kappa shape index (κ3) is 4.24. The van der Waals surface area contributed by atoms with Gasteiger partial charge in [-0.15, -0.1) is 11.8 Å². The topological polar surface area (TPSA) is 25.2 Å². The molecule has 0 radical (unpaired) electrons. The third-order valence-corrected chi connectivity index (χ3v) is 3.28. The smallest absolute Gasteiger partial charge is 0.123 e. The zero-order chi connectivity index (χ0) is 11.9. The monoisotopic (exact) mass is 251 g/mol. The molecule has 2 rings (SSSR count). The second-order valence-electron chi connectivity index (χ2n) is 3.61. The number of thioether (sulfide) groups is 1. The molecular formula is C13H14FNOS. The second kappa shape index (κ2) is 6.47. The molecule has 0 spiro atoms. The van der Waals surface area contributed by atoms with Crippen molar-refractivity contribution in [2.24, 2.45) is 0 Å². The standard InChI is InChI=1S/C13H14FNOS/c14-12-1-3-13(4-2-12)17-8-6-15-9-11-5-7-16-10-11/h1-5,7,10,15H,6,8-9H2. The predicted octanol–water partition coefficient (Wildman–Crippen LogP) is 3.30. The van der Waals surface area contributed by atoms with Gasteiger partial charge in [-0.1, -0.05) is 0 Å². The first-order valence-electron chi connectivity index (χ1n) is 5.45. The maximum atomic E-state index is 12.7. The summed E-state index contributed by atoms with van der Waals surface area (Å²) in [4.78, 5) is 1.09. The SMILES string of the molecule is Fc1ccc(SCCNCc2ccoc2)cc1. The van der Waals surface area contributed by atoms with Gasteiger partial charge in [0.15, 0.2) is 0 Å². The van der Waals surface area contributed by atoms with E-state index in [4.69, 9.17) is 4.42 Å². The van der Waals surface area contributed by atoms with Crippen molar-refractivity contribution < 1.29 is 8.81 Å².